The summed E-state index contributed by atoms with van der Waals surface area (Å²) in [6.45, 7) is 1.70. The number of carbonyl (C=O) groups is 2. The number of hydrogen-bond donors (Lipinski definition) is 1. The molecule has 5 nitrogen and oxygen atoms in total. The van der Waals surface area contributed by atoms with Crippen molar-refractivity contribution in [2.75, 3.05) is 32.1 Å². The van der Waals surface area contributed by atoms with Crippen LogP contribution in [0, 0.1) is 0 Å². The van der Waals surface area contributed by atoms with Crippen LogP contribution < -0.4 is 10.2 Å². The lowest BCUT2D eigenvalue weighted by atomic mass is 10.2. The molecule has 0 aliphatic rings. The number of nitrogens with one attached hydrogen (secondary N) is 1. The van der Waals surface area contributed by atoms with Crippen LogP contribution in [0.5, 0.6) is 0 Å². The van der Waals surface area contributed by atoms with Crippen molar-refractivity contribution in [3.05, 3.63) is 66.2 Å². The van der Waals surface area contributed by atoms with E-state index in [-0.39, 0.29) is 0 Å². The van der Waals surface area contributed by atoms with Gasteiger partial charge in [0.25, 0.3) is 0 Å². The van der Waals surface area contributed by atoms with Crippen molar-refractivity contribution in [2.24, 2.45) is 0 Å². The molecule has 0 aromatic heterocycles. The molecule has 0 atom stereocenters. The van der Waals surface area contributed by atoms with Gasteiger partial charge in [-0.05, 0) is 44.8 Å². The number of nitrogens with zero attached hydrogens (tertiary/aromatic N) is 2. The zero-order valence-corrected chi connectivity index (χ0v) is 14.8. The molecule has 0 spiro atoms. The minimum absolute atomic E-state index is 0.356. The maximum absolute atomic E-state index is 12.7. The summed E-state index contributed by atoms with van der Waals surface area (Å²) in [6, 6.07) is 18.9. The van der Waals surface area contributed by atoms with E-state index in [1.165, 1.54) is 4.90 Å². The van der Waals surface area contributed by atoms with Gasteiger partial charge in [0.05, 0.1) is 6.54 Å². The van der Waals surface area contributed by atoms with Gasteiger partial charge in [-0.1, -0.05) is 48.5 Å². The molecule has 0 aliphatic heterocycles. The van der Waals surface area contributed by atoms with Gasteiger partial charge in [-0.15, -0.1) is 0 Å². The van der Waals surface area contributed by atoms with Gasteiger partial charge >= 0.3 is 11.8 Å². The Labute approximate surface area is 149 Å². The largest absolute Gasteiger partial charge is 0.348 e. The number of anilines is 1. The summed E-state index contributed by atoms with van der Waals surface area (Å²) >= 11 is 0. The molecule has 25 heavy (non-hydrogen) atoms. The maximum Gasteiger partial charge on any atom is 0.316 e. The lowest BCUT2D eigenvalue weighted by molar-refractivity contribution is -0.137. The minimum atomic E-state index is -0.571. The number of para-hydroxylation sites is 1. The third kappa shape index (κ3) is 6.04. The predicted molar refractivity (Wildman–Crippen MR) is 100 cm³/mol. The Bertz CT molecular complexity index is 672. The van der Waals surface area contributed by atoms with Crippen molar-refractivity contribution in [3.63, 3.8) is 0 Å². The number of amides is 2. The van der Waals surface area contributed by atoms with E-state index < -0.39 is 11.8 Å². The maximum atomic E-state index is 12.7. The Morgan fingerprint density at radius 3 is 2.12 bits per heavy atom. The van der Waals surface area contributed by atoms with Gasteiger partial charge in [-0.3, -0.25) is 14.5 Å². The van der Waals surface area contributed by atoms with Crippen LogP contribution in [0.2, 0.25) is 0 Å². The van der Waals surface area contributed by atoms with Crippen LogP contribution >= 0.6 is 0 Å². The van der Waals surface area contributed by atoms with Crippen molar-refractivity contribution in [3.8, 4) is 0 Å². The van der Waals surface area contributed by atoms with Gasteiger partial charge in [0.15, 0.2) is 0 Å². The SMILES string of the molecule is CN(C)CCCNC(=O)C(=O)N(Cc1ccccc1)c1ccccc1. The van der Waals surface area contributed by atoms with E-state index in [0.29, 0.717) is 18.8 Å². The first-order valence-electron chi connectivity index (χ1n) is 8.41. The third-order valence-corrected chi connectivity index (χ3v) is 3.76. The molecule has 2 aromatic carbocycles. The van der Waals surface area contributed by atoms with Crippen LogP contribution in [-0.4, -0.2) is 43.9 Å². The van der Waals surface area contributed by atoms with E-state index in [0.717, 1.165) is 18.5 Å². The van der Waals surface area contributed by atoms with Crippen molar-refractivity contribution >= 4 is 17.5 Å². The van der Waals surface area contributed by atoms with Crippen LogP contribution in [0.15, 0.2) is 60.7 Å². The van der Waals surface area contributed by atoms with E-state index in [1.54, 1.807) is 0 Å². The first-order valence-corrected chi connectivity index (χ1v) is 8.41. The molecule has 0 radical (unpaired) electrons. The zero-order chi connectivity index (χ0) is 18.1. The standard InChI is InChI=1S/C20H25N3O2/c1-22(2)15-9-14-21-19(24)20(25)23(18-12-7-4-8-13-18)16-17-10-5-3-6-11-17/h3-8,10-13H,9,14-16H2,1-2H3,(H,21,24). The summed E-state index contributed by atoms with van der Waals surface area (Å²) in [4.78, 5) is 28.5. The molecule has 2 amide bonds. The van der Waals surface area contributed by atoms with E-state index >= 15 is 0 Å². The third-order valence-electron chi connectivity index (χ3n) is 3.76. The molecular weight excluding hydrogens is 314 g/mol. The van der Waals surface area contributed by atoms with Gasteiger partial charge < -0.3 is 10.2 Å². The topological polar surface area (TPSA) is 52.7 Å². The molecule has 0 fully saturated rings. The summed E-state index contributed by atoms with van der Waals surface area (Å²) in [5.74, 6) is -1.11. The minimum Gasteiger partial charge on any atom is -0.348 e. The average Bonchev–Trinajstić information content (AvgIpc) is 2.64. The van der Waals surface area contributed by atoms with Gasteiger partial charge in [0.1, 0.15) is 0 Å². The fourth-order valence-corrected chi connectivity index (χ4v) is 2.45. The summed E-state index contributed by atoms with van der Waals surface area (Å²) in [5.41, 5.74) is 1.68. The molecule has 1 N–H and O–H groups in total. The molecule has 2 rings (SSSR count). The first kappa shape index (κ1) is 18.7. The highest BCUT2D eigenvalue weighted by Gasteiger charge is 2.23. The van der Waals surface area contributed by atoms with Crippen molar-refractivity contribution < 1.29 is 9.59 Å². The normalized spacial score (nSPS) is 10.5. The summed E-state index contributed by atoms with van der Waals surface area (Å²) < 4.78 is 0. The molecule has 0 saturated carbocycles. The zero-order valence-electron chi connectivity index (χ0n) is 14.8. The Morgan fingerprint density at radius 1 is 0.920 bits per heavy atom. The summed E-state index contributed by atoms with van der Waals surface area (Å²) in [5, 5.41) is 2.72. The van der Waals surface area contributed by atoms with Gasteiger partial charge in [-0.25, -0.2) is 0 Å². The van der Waals surface area contributed by atoms with Crippen LogP contribution in [0.3, 0.4) is 0 Å². The molecule has 132 valence electrons. The van der Waals surface area contributed by atoms with Crippen LogP contribution in [0.1, 0.15) is 12.0 Å². The van der Waals surface area contributed by atoms with Gasteiger partial charge in [0.2, 0.25) is 0 Å². The second kappa shape index (κ2) is 9.59. The second-order valence-electron chi connectivity index (χ2n) is 6.13. The van der Waals surface area contributed by atoms with E-state index in [4.69, 9.17) is 0 Å². The fraction of sp³-hybridized carbons (Fsp3) is 0.300. The number of benzene rings is 2. The van der Waals surface area contributed by atoms with E-state index in [9.17, 15) is 9.59 Å². The predicted octanol–water partition coefficient (Wildman–Crippen LogP) is 2.29. The van der Waals surface area contributed by atoms with Crippen molar-refractivity contribution in [2.45, 2.75) is 13.0 Å². The Kier molecular flexibility index (Phi) is 7.16. The van der Waals surface area contributed by atoms with Crippen LogP contribution in [0.25, 0.3) is 0 Å². The van der Waals surface area contributed by atoms with Crippen LogP contribution in [-0.2, 0) is 16.1 Å². The van der Waals surface area contributed by atoms with Gasteiger partial charge in [-0.2, -0.15) is 0 Å². The Balaban J connectivity index is 2.06. The highest BCUT2D eigenvalue weighted by molar-refractivity contribution is 6.40. The molecule has 0 aliphatic carbocycles. The molecule has 0 heterocycles. The highest BCUT2D eigenvalue weighted by Crippen LogP contribution is 2.17. The molecule has 0 unspecified atom stereocenters. The second-order valence-corrected chi connectivity index (χ2v) is 6.13. The molecule has 0 bridgehead atoms. The quantitative estimate of drug-likeness (QED) is 0.622. The highest BCUT2D eigenvalue weighted by atomic mass is 16.2. The summed E-state index contributed by atoms with van der Waals surface area (Å²) in [7, 11) is 3.95. The average molecular weight is 339 g/mol. The van der Waals surface area contributed by atoms with Crippen molar-refractivity contribution in [1.29, 1.82) is 0 Å². The Hall–Kier alpha value is -2.66. The number of carbonyl (C=O) groups excluding carboxylic acids is 2. The molecule has 0 saturated heterocycles. The van der Waals surface area contributed by atoms with Crippen LogP contribution in [0.4, 0.5) is 5.69 Å². The Morgan fingerprint density at radius 2 is 1.52 bits per heavy atom. The molecule has 5 heteroatoms. The lowest BCUT2D eigenvalue weighted by Crippen LogP contribution is -2.43. The molecule has 2 aromatic rings. The van der Waals surface area contributed by atoms with E-state index in [1.807, 2.05) is 79.7 Å². The summed E-state index contributed by atoms with van der Waals surface area (Å²) in [6.07, 6.45) is 0.802. The first-order chi connectivity index (χ1) is 12.1. The number of hydrogen-bond acceptors (Lipinski definition) is 3. The number of rotatable bonds is 7. The molecular formula is C20H25N3O2. The monoisotopic (exact) mass is 339 g/mol. The van der Waals surface area contributed by atoms with E-state index in [2.05, 4.69) is 5.32 Å². The van der Waals surface area contributed by atoms with Gasteiger partial charge in [0, 0.05) is 12.2 Å². The van der Waals surface area contributed by atoms with Crippen molar-refractivity contribution in [1.82, 2.24) is 10.2 Å². The fourth-order valence-electron chi connectivity index (χ4n) is 2.45. The lowest BCUT2D eigenvalue weighted by Gasteiger charge is -2.22. The smallest absolute Gasteiger partial charge is 0.316 e.